The van der Waals surface area contributed by atoms with E-state index in [-0.39, 0.29) is 0 Å². The normalized spacial score (nSPS) is 11.5. The van der Waals surface area contributed by atoms with Crippen LogP contribution in [0.25, 0.3) is 0 Å². The summed E-state index contributed by atoms with van der Waals surface area (Å²) in [5, 5.41) is 4.67. The summed E-state index contributed by atoms with van der Waals surface area (Å²) in [5.74, 6) is 1.18. The van der Waals surface area contributed by atoms with Crippen molar-refractivity contribution in [2.45, 2.75) is 13.8 Å². The van der Waals surface area contributed by atoms with Crippen molar-refractivity contribution in [1.82, 2.24) is 9.97 Å². The van der Waals surface area contributed by atoms with Gasteiger partial charge in [0.1, 0.15) is 11.0 Å². The molecule has 2 rings (SSSR count). The van der Waals surface area contributed by atoms with Gasteiger partial charge in [-0.3, -0.25) is 5.43 Å². The van der Waals surface area contributed by atoms with E-state index >= 15 is 0 Å². The highest BCUT2D eigenvalue weighted by atomic mass is 79.9. The summed E-state index contributed by atoms with van der Waals surface area (Å²) in [6, 6.07) is 9.55. The number of halogens is 2. The number of hydrazone groups is 1. The fourth-order valence-corrected chi connectivity index (χ4v) is 1.98. The Labute approximate surface area is 125 Å². The van der Waals surface area contributed by atoms with E-state index in [1.54, 1.807) is 13.0 Å². The van der Waals surface area contributed by atoms with Gasteiger partial charge in [-0.2, -0.15) is 5.10 Å². The third-order valence-corrected chi connectivity index (χ3v) is 3.13. The van der Waals surface area contributed by atoms with E-state index in [4.69, 9.17) is 11.6 Å². The van der Waals surface area contributed by atoms with Crippen LogP contribution in [0.4, 0.5) is 5.82 Å². The predicted molar refractivity (Wildman–Crippen MR) is 81.8 cm³/mol. The van der Waals surface area contributed by atoms with Crippen LogP contribution in [-0.4, -0.2) is 15.7 Å². The third kappa shape index (κ3) is 4.01. The van der Waals surface area contributed by atoms with E-state index in [0.29, 0.717) is 16.8 Å². The van der Waals surface area contributed by atoms with Crippen LogP contribution in [0, 0.1) is 6.92 Å². The molecule has 1 aromatic heterocycles. The Bertz CT molecular complexity index is 590. The molecule has 0 spiro atoms. The van der Waals surface area contributed by atoms with Gasteiger partial charge in [0.15, 0.2) is 5.82 Å². The van der Waals surface area contributed by atoms with Gasteiger partial charge in [0, 0.05) is 10.5 Å². The van der Waals surface area contributed by atoms with E-state index in [9.17, 15) is 0 Å². The molecule has 6 heteroatoms. The fourth-order valence-electron chi connectivity index (χ4n) is 1.49. The molecule has 19 heavy (non-hydrogen) atoms. The molecule has 0 fully saturated rings. The molecular weight excluding hydrogens is 328 g/mol. The van der Waals surface area contributed by atoms with Crippen LogP contribution in [0.2, 0.25) is 5.15 Å². The molecule has 0 saturated heterocycles. The number of aromatic nitrogens is 2. The van der Waals surface area contributed by atoms with Gasteiger partial charge in [-0.15, -0.1) is 0 Å². The first-order valence-corrected chi connectivity index (χ1v) is 6.79. The topological polar surface area (TPSA) is 50.2 Å². The van der Waals surface area contributed by atoms with Gasteiger partial charge in [0.2, 0.25) is 0 Å². The van der Waals surface area contributed by atoms with E-state index in [2.05, 4.69) is 36.4 Å². The van der Waals surface area contributed by atoms with Crippen LogP contribution >= 0.6 is 27.5 Å². The zero-order valence-corrected chi connectivity index (χ0v) is 12.8. The molecule has 0 aliphatic carbocycles. The smallest absolute Gasteiger partial charge is 0.151 e. The summed E-state index contributed by atoms with van der Waals surface area (Å²) < 4.78 is 1.04. The van der Waals surface area contributed by atoms with Crippen molar-refractivity contribution in [1.29, 1.82) is 0 Å². The monoisotopic (exact) mass is 338 g/mol. The van der Waals surface area contributed by atoms with Crippen LogP contribution in [0.15, 0.2) is 39.9 Å². The minimum atomic E-state index is 0.395. The van der Waals surface area contributed by atoms with Crippen molar-refractivity contribution < 1.29 is 0 Å². The van der Waals surface area contributed by atoms with Crippen LogP contribution in [-0.2, 0) is 0 Å². The molecule has 0 saturated carbocycles. The van der Waals surface area contributed by atoms with Gasteiger partial charge in [-0.1, -0.05) is 39.7 Å². The number of aryl methyl sites for hydroxylation is 1. The van der Waals surface area contributed by atoms with Gasteiger partial charge in [0.25, 0.3) is 0 Å². The molecule has 0 unspecified atom stereocenters. The molecule has 1 N–H and O–H groups in total. The standard InChI is InChI=1S/C13H12BrClN4/c1-8(10-3-5-11(14)6-4-10)18-19-13-7-12(15)16-9(2)17-13/h3-7H,1-2H3,(H,16,17,19)/b18-8+. The number of anilines is 1. The van der Waals surface area contributed by atoms with Crippen molar-refractivity contribution in [2.24, 2.45) is 5.10 Å². The lowest BCUT2D eigenvalue weighted by Gasteiger charge is -2.04. The maximum Gasteiger partial charge on any atom is 0.151 e. The minimum Gasteiger partial charge on any atom is -0.261 e. The van der Waals surface area contributed by atoms with Gasteiger partial charge < -0.3 is 0 Å². The molecule has 0 atom stereocenters. The van der Waals surface area contributed by atoms with Crippen LogP contribution in [0.3, 0.4) is 0 Å². The number of rotatable bonds is 3. The number of nitrogens with zero attached hydrogens (tertiary/aromatic N) is 3. The van der Waals surface area contributed by atoms with Gasteiger partial charge in [-0.25, -0.2) is 9.97 Å². The quantitative estimate of drug-likeness (QED) is 0.521. The minimum absolute atomic E-state index is 0.395. The SMILES string of the molecule is C/C(=N\Nc1cc(Cl)nc(C)n1)c1ccc(Br)cc1. The highest BCUT2D eigenvalue weighted by molar-refractivity contribution is 9.10. The summed E-state index contributed by atoms with van der Waals surface area (Å²) >= 11 is 9.25. The van der Waals surface area contributed by atoms with Crippen LogP contribution in [0.1, 0.15) is 18.3 Å². The molecule has 1 aromatic carbocycles. The summed E-state index contributed by atoms with van der Waals surface area (Å²) in [4.78, 5) is 8.18. The predicted octanol–water partition coefficient (Wildman–Crippen LogP) is 4.04. The van der Waals surface area contributed by atoms with Gasteiger partial charge >= 0.3 is 0 Å². The summed E-state index contributed by atoms with van der Waals surface area (Å²) in [5.41, 5.74) is 4.78. The summed E-state index contributed by atoms with van der Waals surface area (Å²) in [6.07, 6.45) is 0. The summed E-state index contributed by atoms with van der Waals surface area (Å²) in [7, 11) is 0. The Morgan fingerprint density at radius 1 is 1.26 bits per heavy atom. The Morgan fingerprint density at radius 2 is 1.95 bits per heavy atom. The zero-order valence-electron chi connectivity index (χ0n) is 10.5. The van der Waals surface area contributed by atoms with Crippen molar-refractivity contribution in [3.63, 3.8) is 0 Å². The number of hydrogen-bond donors (Lipinski definition) is 1. The number of benzene rings is 1. The Hall–Kier alpha value is -1.46. The second kappa shape index (κ2) is 6.12. The molecule has 0 radical (unpaired) electrons. The van der Waals surface area contributed by atoms with Gasteiger partial charge in [0.05, 0.1) is 5.71 Å². The lowest BCUT2D eigenvalue weighted by atomic mass is 10.1. The fraction of sp³-hybridized carbons (Fsp3) is 0.154. The number of hydrogen-bond acceptors (Lipinski definition) is 4. The van der Waals surface area contributed by atoms with Crippen molar-refractivity contribution in [2.75, 3.05) is 5.43 Å². The average molecular weight is 340 g/mol. The first kappa shape index (κ1) is 14.0. The van der Waals surface area contributed by atoms with Crippen molar-refractivity contribution in [3.05, 3.63) is 51.3 Å². The molecule has 0 bridgehead atoms. The number of nitrogens with one attached hydrogen (secondary N) is 1. The molecular formula is C13H12BrClN4. The second-order valence-electron chi connectivity index (χ2n) is 3.94. The lowest BCUT2D eigenvalue weighted by Crippen LogP contribution is -2.02. The average Bonchev–Trinajstić information content (AvgIpc) is 2.36. The van der Waals surface area contributed by atoms with Gasteiger partial charge in [-0.05, 0) is 31.5 Å². The van der Waals surface area contributed by atoms with Crippen molar-refractivity contribution >= 4 is 39.1 Å². The highest BCUT2D eigenvalue weighted by Gasteiger charge is 2.00. The molecule has 0 aliphatic heterocycles. The zero-order chi connectivity index (χ0) is 13.8. The van der Waals surface area contributed by atoms with E-state index < -0.39 is 0 Å². The second-order valence-corrected chi connectivity index (χ2v) is 5.24. The van der Waals surface area contributed by atoms with E-state index in [0.717, 1.165) is 15.7 Å². The largest absolute Gasteiger partial charge is 0.261 e. The summed E-state index contributed by atoms with van der Waals surface area (Å²) in [6.45, 7) is 3.70. The molecule has 0 amide bonds. The maximum absolute atomic E-state index is 5.86. The molecule has 4 nitrogen and oxygen atoms in total. The Balaban J connectivity index is 2.15. The van der Waals surface area contributed by atoms with E-state index in [1.807, 2.05) is 31.2 Å². The molecule has 2 aromatic rings. The van der Waals surface area contributed by atoms with Crippen LogP contribution in [0.5, 0.6) is 0 Å². The molecule has 0 aliphatic rings. The first-order valence-electron chi connectivity index (χ1n) is 5.62. The van der Waals surface area contributed by atoms with E-state index in [1.165, 1.54) is 0 Å². The first-order chi connectivity index (χ1) is 9.04. The highest BCUT2D eigenvalue weighted by Crippen LogP contribution is 2.13. The molecule has 98 valence electrons. The maximum atomic E-state index is 5.86. The lowest BCUT2D eigenvalue weighted by molar-refractivity contribution is 1.04. The Morgan fingerprint density at radius 3 is 2.58 bits per heavy atom. The van der Waals surface area contributed by atoms with Crippen LogP contribution < -0.4 is 5.43 Å². The molecule has 1 heterocycles. The van der Waals surface area contributed by atoms with Crippen molar-refractivity contribution in [3.8, 4) is 0 Å². The Kier molecular flexibility index (Phi) is 4.50. The third-order valence-electron chi connectivity index (χ3n) is 2.41.